The van der Waals surface area contributed by atoms with E-state index in [4.69, 9.17) is 4.43 Å². The standard InChI is InChI=1S/C22H32OSi/c1-17(2)22(23-24,18(3)4)21(15-19-11-7-5-8-12-19)16-20-13-9-6-10-14-20/h5-14,17-18,21H,15-16H2,1-4,24H3. The van der Waals surface area contributed by atoms with Crippen LogP contribution in [0, 0.1) is 17.8 Å². The summed E-state index contributed by atoms with van der Waals surface area (Å²) in [6.45, 7) is 9.28. The molecule has 2 rings (SSSR count). The first-order chi connectivity index (χ1) is 11.5. The Morgan fingerprint density at radius 1 is 0.750 bits per heavy atom. The van der Waals surface area contributed by atoms with Crippen LogP contribution in [0.25, 0.3) is 0 Å². The molecule has 0 bridgehead atoms. The Hall–Kier alpha value is -1.38. The van der Waals surface area contributed by atoms with E-state index >= 15 is 0 Å². The molecule has 2 aromatic carbocycles. The molecule has 0 atom stereocenters. The lowest BCUT2D eigenvalue weighted by atomic mass is 9.67. The van der Waals surface area contributed by atoms with Crippen LogP contribution < -0.4 is 0 Å². The van der Waals surface area contributed by atoms with Crippen LogP contribution in [0.15, 0.2) is 60.7 Å². The summed E-state index contributed by atoms with van der Waals surface area (Å²) in [7, 11) is 0.774. The van der Waals surface area contributed by atoms with Crippen molar-refractivity contribution in [2.75, 3.05) is 0 Å². The normalized spacial score (nSPS) is 12.5. The summed E-state index contributed by atoms with van der Waals surface area (Å²) >= 11 is 0. The third-order valence-corrected chi connectivity index (χ3v) is 6.15. The van der Waals surface area contributed by atoms with Gasteiger partial charge in [0.1, 0.15) is 10.5 Å². The van der Waals surface area contributed by atoms with Crippen LogP contribution in [-0.2, 0) is 17.3 Å². The second-order valence-corrected chi connectivity index (χ2v) is 7.85. The van der Waals surface area contributed by atoms with Gasteiger partial charge >= 0.3 is 0 Å². The lowest BCUT2D eigenvalue weighted by Crippen LogP contribution is -2.51. The van der Waals surface area contributed by atoms with E-state index in [0.717, 1.165) is 23.3 Å². The molecular formula is C22H32OSi. The molecule has 0 unspecified atom stereocenters. The minimum Gasteiger partial charge on any atom is -0.422 e. The predicted molar refractivity (Wildman–Crippen MR) is 107 cm³/mol. The van der Waals surface area contributed by atoms with E-state index < -0.39 is 0 Å². The van der Waals surface area contributed by atoms with Gasteiger partial charge in [-0.3, -0.25) is 0 Å². The summed E-state index contributed by atoms with van der Waals surface area (Å²) in [5.41, 5.74) is 2.74. The first-order valence-corrected chi connectivity index (χ1v) is 9.95. The zero-order valence-corrected chi connectivity index (χ0v) is 17.8. The van der Waals surface area contributed by atoms with Crippen molar-refractivity contribution < 1.29 is 4.43 Å². The van der Waals surface area contributed by atoms with E-state index in [-0.39, 0.29) is 5.60 Å². The van der Waals surface area contributed by atoms with E-state index in [1.54, 1.807) is 0 Å². The maximum absolute atomic E-state index is 6.41. The van der Waals surface area contributed by atoms with Crippen LogP contribution in [0.5, 0.6) is 0 Å². The Kier molecular flexibility index (Phi) is 6.82. The predicted octanol–water partition coefficient (Wildman–Crippen LogP) is 4.44. The molecule has 0 saturated heterocycles. The Bertz CT molecular complexity index is 542. The van der Waals surface area contributed by atoms with Gasteiger partial charge in [0.15, 0.2) is 0 Å². The molecule has 0 amide bonds. The molecule has 0 aliphatic rings. The molecule has 2 heteroatoms. The maximum Gasteiger partial charge on any atom is 0.146 e. The van der Waals surface area contributed by atoms with Gasteiger partial charge in [-0.1, -0.05) is 88.4 Å². The van der Waals surface area contributed by atoms with E-state index in [1.165, 1.54) is 11.1 Å². The van der Waals surface area contributed by atoms with Gasteiger partial charge < -0.3 is 4.43 Å². The quantitative estimate of drug-likeness (QED) is 0.646. The Balaban J connectivity index is 2.40. The largest absolute Gasteiger partial charge is 0.422 e. The number of rotatable bonds is 8. The van der Waals surface area contributed by atoms with Crippen molar-refractivity contribution in [3.05, 3.63) is 71.8 Å². The first kappa shape index (κ1) is 18.9. The first-order valence-electron chi connectivity index (χ1n) is 9.13. The molecule has 1 nitrogen and oxygen atoms in total. The van der Waals surface area contributed by atoms with Gasteiger partial charge in [-0.05, 0) is 41.7 Å². The van der Waals surface area contributed by atoms with Crippen LogP contribution in [0.2, 0.25) is 0 Å². The average Bonchev–Trinajstić information content (AvgIpc) is 2.57. The molecule has 130 valence electrons. The molecule has 0 saturated carbocycles. The summed E-state index contributed by atoms with van der Waals surface area (Å²) in [5.74, 6) is 1.46. The molecule has 0 N–H and O–H groups in total. The molecule has 0 aliphatic carbocycles. The monoisotopic (exact) mass is 340 g/mol. The van der Waals surface area contributed by atoms with Crippen LogP contribution in [0.1, 0.15) is 38.8 Å². The van der Waals surface area contributed by atoms with Gasteiger partial charge in [0.25, 0.3) is 0 Å². The zero-order valence-electron chi connectivity index (χ0n) is 15.8. The van der Waals surface area contributed by atoms with E-state index in [0.29, 0.717) is 17.8 Å². The van der Waals surface area contributed by atoms with E-state index in [2.05, 4.69) is 88.4 Å². The fourth-order valence-electron chi connectivity index (χ4n) is 4.44. The average molecular weight is 341 g/mol. The lowest BCUT2D eigenvalue weighted by molar-refractivity contribution is -0.0675. The fraction of sp³-hybridized carbons (Fsp3) is 0.455. The van der Waals surface area contributed by atoms with Gasteiger partial charge in [0.05, 0.1) is 5.60 Å². The second kappa shape index (κ2) is 8.64. The van der Waals surface area contributed by atoms with Gasteiger partial charge in [-0.25, -0.2) is 0 Å². The number of hydrogen-bond donors (Lipinski definition) is 0. The lowest BCUT2D eigenvalue weighted by Gasteiger charge is -2.47. The number of benzene rings is 2. The molecular weight excluding hydrogens is 308 g/mol. The van der Waals surface area contributed by atoms with Crippen LogP contribution >= 0.6 is 0 Å². The smallest absolute Gasteiger partial charge is 0.146 e. The van der Waals surface area contributed by atoms with Gasteiger partial charge in [0, 0.05) is 0 Å². The number of hydrogen-bond acceptors (Lipinski definition) is 1. The third-order valence-electron chi connectivity index (χ3n) is 5.45. The third kappa shape index (κ3) is 4.17. The Labute approximate surface area is 151 Å². The fourth-order valence-corrected chi connectivity index (χ4v) is 5.71. The van der Waals surface area contributed by atoms with Crippen molar-refractivity contribution in [2.24, 2.45) is 17.8 Å². The molecule has 0 aromatic heterocycles. The summed E-state index contributed by atoms with van der Waals surface area (Å²) < 4.78 is 6.41. The van der Waals surface area contributed by atoms with Gasteiger partial charge in [0.2, 0.25) is 0 Å². The van der Waals surface area contributed by atoms with Crippen molar-refractivity contribution in [1.82, 2.24) is 0 Å². The van der Waals surface area contributed by atoms with E-state index in [9.17, 15) is 0 Å². The van der Waals surface area contributed by atoms with Gasteiger partial charge in [-0.15, -0.1) is 0 Å². The highest BCUT2D eigenvalue weighted by Crippen LogP contribution is 2.40. The van der Waals surface area contributed by atoms with Crippen molar-refractivity contribution in [3.8, 4) is 0 Å². The molecule has 0 aliphatic heterocycles. The minimum absolute atomic E-state index is 0.0715. The highest BCUT2D eigenvalue weighted by Gasteiger charge is 2.43. The maximum atomic E-state index is 6.41. The highest BCUT2D eigenvalue weighted by molar-refractivity contribution is 5.98. The molecule has 24 heavy (non-hydrogen) atoms. The Morgan fingerprint density at radius 3 is 1.42 bits per heavy atom. The molecule has 2 aromatic rings. The van der Waals surface area contributed by atoms with E-state index in [1.807, 2.05) is 0 Å². The van der Waals surface area contributed by atoms with Gasteiger partial charge in [-0.2, -0.15) is 0 Å². The molecule has 0 heterocycles. The topological polar surface area (TPSA) is 9.23 Å². The minimum atomic E-state index is -0.0715. The summed E-state index contributed by atoms with van der Waals surface area (Å²) in [4.78, 5) is 0. The van der Waals surface area contributed by atoms with Crippen LogP contribution in [0.3, 0.4) is 0 Å². The molecule has 0 fully saturated rings. The summed E-state index contributed by atoms with van der Waals surface area (Å²) in [6.07, 6.45) is 2.13. The van der Waals surface area contributed by atoms with Crippen molar-refractivity contribution in [2.45, 2.75) is 46.1 Å². The second-order valence-electron chi connectivity index (χ2n) is 7.44. The summed E-state index contributed by atoms with van der Waals surface area (Å²) in [5, 5.41) is 0. The van der Waals surface area contributed by atoms with Crippen molar-refractivity contribution in [3.63, 3.8) is 0 Å². The SMILES string of the molecule is CC(C)C(O[SiH3])(C(C)C)C(Cc1ccccc1)Cc1ccccc1. The highest BCUT2D eigenvalue weighted by atomic mass is 28.2. The van der Waals surface area contributed by atoms with Crippen molar-refractivity contribution in [1.29, 1.82) is 0 Å². The molecule has 0 radical (unpaired) electrons. The Morgan fingerprint density at radius 2 is 1.12 bits per heavy atom. The molecule has 0 spiro atoms. The van der Waals surface area contributed by atoms with Crippen molar-refractivity contribution >= 4 is 10.5 Å². The summed E-state index contributed by atoms with van der Waals surface area (Å²) in [6, 6.07) is 21.7. The zero-order chi connectivity index (χ0) is 17.6. The van der Waals surface area contributed by atoms with Crippen LogP contribution in [0.4, 0.5) is 0 Å². The van der Waals surface area contributed by atoms with Crippen LogP contribution in [-0.4, -0.2) is 16.1 Å².